The largest absolute Gasteiger partial charge is 0.456 e. The molecule has 0 aliphatic carbocycles. The summed E-state index contributed by atoms with van der Waals surface area (Å²) in [7, 11) is 0. The molecule has 3 heterocycles. The summed E-state index contributed by atoms with van der Waals surface area (Å²) in [5, 5.41) is 13.2. The molecule has 0 unspecified atom stereocenters. The van der Waals surface area contributed by atoms with E-state index in [1.807, 2.05) is 0 Å². The number of aliphatic hydroxyl groups excluding tert-OH is 1. The van der Waals surface area contributed by atoms with Crippen LogP contribution < -0.4 is 11.5 Å². The third kappa shape index (κ3) is 3.48. The number of hydrogen-bond acceptors (Lipinski definition) is 11. The first kappa shape index (κ1) is 19.1. The van der Waals surface area contributed by atoms with Gasteiger partial charge >= 0.3 is 5.97 Å². The normalized spacial score (nSPS) is 25.9. The third-order valence-corrected chi connectivity index (χ3v) is 4.48. The van der Waals surface area contributed by atoms with E-state index in [1.165, 1.54) is 17.2 Å². The molecule has 1 saturated heterocycles. The van der Waals surface area contributed by atoms with Crippen LogP contribution in [-0.4, -0.2) is 67.2 Å². The van der Waals surface area contributed by atoms with Gasteiger partial charge in [-0.2, -0.15) is 12.6 Å². The van der Waals surface area contributed by atoms with Crippen molar-refractivity contribution in [3.8, 4) is 0 Å². The Bertz CT molecular complexity index is 886. The van der Waals surface area contributed by atoms with Crippen LogP contribution in [0.2, 0.25) is 0 Å². The molecule has 0 spiro atoms. The number of hydrogen-bond donors (Lipinski definition) is 4. The molecule has 0 amide bonds. The van der Waals surface area contributed by atoms with Crippen molar-refractivity contribution < 1.29 is 19.4 Å². The van der Waals surface area contributed by atoms with Gasteiger partial charge < -0.3 is 26.0 Å². The van der Waals surface area contributed by atoms with Crippen LogP contribution in [0.4, 0.5) is 5.82 Å². The summed E-state index contributed by atoms with van der Waals surface area (Å²) in [6.07, 6.45) is -0.338. The predicted octanol–water partition coefficient (Wildman–Crippen LogP) is -0.854. The van der Waals surface area contributed by atoms with Crippen molar-refractivity contribution in [3.63, 3.8) is 0 Å². The van der Waals surface area contributed by atoms with Gasteiger partial charge in [0, 0.05) is 10.7 Å². The summed E-state index contributed by atoms with van der Waals surface area (Å²) < 4.78 is 12.7. The minimum Gasteiger partial charge on any atom is -0.456 e. The molecule has 3 rings (SSSR count). The fourth-order valence-corrected chi connectivity index (χ4v) is 2.92. The van der Waals surface area contributed by atoms with E-state index >= 15 is 0 Å². The highest BCUT2D eigenvalue weighted by Crippen LogP contribution is 2.35. The van der Waals surface area contributed by atoms with Gasteiger partial charge in [-0.05, 0) is 5.53 Å². The van der Waals surface area contributed by atoms with E-state index in [2.05, 4.69) is 37.6 Å². The Morgan fingerprint density at radius 2 is 2.33 bits per heavy atom. The van der Waals surface area contributed by atoms with Crippen molar-refractivity contribution in [1.82, 2.24) is 19.5 Å². The Morgan fingerprint density at radius 1 is 1.56 bits per heavy atom. The quantitative estimate of drug-likeness (QED) is 0.158. The van der Waals surface area contributed by atoms with Crippen molar-refractivity contribution in [2.24, 2.45) is 10.8 Å². The number of carbonyl (C=O) groups excluding carboxylic acids is 1. The lowest BCUT2D eigenvalue weighted by Gasteiger charge is -2.23. The lowest BCUT2D eigenvalue weighted by molar-refractivity contribution is -0.156. The predicted molar refractivity (Wildman–Crippen MR) is 95.4 cm³/mol. The zero-order valence-electron chi connectivity index (χ0n) is 13.9. The Balaban J connectivity index is 2.03. The second-order valence-electron chi connectivity index (χ2n) is 5.72. The van der Waals surface area contributed by atoms with Crippen LogP contribution in [0.25, 0.3) is 21.6 Å². The summed E-state index contributed by atoms with van der Waals surface area (Å²) in [4.78, 5) is 27.1. The standard InChI is InChI=1S/C13H17N9O4S/c14-5(2-27)13(24)26-9-7(20-21-16)6(1-23)25-12(9)22-4-19-8-10(15)17-3-18-11(8)22/h3-7,9,12,23,27H,1-2,14H2,(H2,15,17,18)/t5-,6+,7+,9+,12+/m0/s1. The summed E-state index contributed by atoms with van der Waals surface area (Å²) in [5.41, 5.74) is 20.9. The molecule has 5 N–H and O–H groups in total. The van der Waals surface area contributed by atoms with E-state index in [0.717, 1.165) is 0 Å². The maximum atomic E-state index is 12.2. The van der Waals surface area contributed by atoms with Gasteiger partial charge in [-0.1, -0.05) is 5.11 Å². The number of fused-ring (bicyclic) bond motifs is 1. The number of aromatic nitrogens is 4. The molecule has 0 aromatic carbocycles. The molecule has 2 aromatic rings. The average Bonchev–Trinajstić information content (AvgIpc) is 3.24. The molecule has 1 aliphatic rings. The lowest BCUT2D eigenvalue weighted by Crippen LogP contribution is -2.41. The van der Waals surface area contributed by atoms with Gasteiger partial charge in [-0.3, -0.25) is 9.36 Å². The van der Waals surface area contributed by atoms with E-state index in [1.54, 1.807) is 0 Å². The lowest BCUT2D eigenvalue weighted by atomic mass is 10.1. The van der Waals surface area contributed by atoms with Crippen LogP contribution in [0, 0.1) is 0 Å². The number of anilines is 1. The number of ether oxygens (including phenoxy) is 2. The van der Waals surface area contributed by atoms with E-state index < -0.39 is 43.1 Å². The number of esters is 1. The number of nitrogens with zero attached hydrogens (tertiary/aromatic N) is 7. The van der Waals surface area contributed by atoms with Crippen LogP contribution in [0.5, 0.6) is 0 Å². The zero-order chi connectivity index (χ0) is 19.6. The smallest absolute Gasteiger partial charge is 0.324 e. The maximum Gasteiger partial charge on any atom is 0.324 e. The molecule has 14 heteroatoms. The third-order valence-electron chi connectivity index (χ3n) is 4.09. The first-order chi connectivity index (χ1) is 13.0. The number of imidazole rings is 1. The highest BCUT2D eigenvalue weighted by Gasteiger charge is 2.48. The van der Waals surface area contributed by atoms with E-state index in [-0.39, 0.29) is 11.6 Å². The average molecular weight is 395 g/mol. The minimum atomic E-state index is -1.08. The Labute approximate surface area is 157 Å². The molecule has 1 fully saturated rings. The van der Waals surface area contributed by atoms with Crippen LogP contribution in [0.1, 0.15) is 6.23 Å². The van der Waals surface area contributed by atoms with Crippen molar-refractivity contribution in [3.05, 3.63) is 23.1 Å². The Morgan fingerprint density at radius 3 is 3.00 bits per heavy atom. The fourth-order valence-electron chi connectivity index (χ4n) is 2.77. The maximum absolute atomic E-state index is 12.2. The molecule has 5 atom stereocenters. The van der Waals surface area contributed by atoms with Crippen LogP contribution in [-0.2, 0) is 14.3 Å². The SMILES string of the molecule is [N-]=[N+]=N[C@H]1[C@@H](OC(=O)[C@@H](N)CS)[C@H](n2cnc3c(N)ncnc32)O[C@@H]1CO. The minimum absolute atomic E-state index is 0.0600. The molecule has 1 aliphatic heterocycles. The zero-order valence-corrected chi connectivity index (χ0v) is 14.8. The molecular formula is C13H17N9O4S. The van der Waals surface area contributed by atoms with Crippen molar-refractivity contribution in [2.45, 2.75) is 30.5 Å². The van der Waals surface area contributed by atoms with Gasteiger partial charge in [0.1, 0.15) is 23.9 Å². The number of azide groups is 1. The second kappa shape index (κ2) is 7.94. The van der Waals surface area contributed by atoms with Gasteiger partial charge in [-0.15, -0.1) is 0 Å². The second-order valence-corrected chi connectivity index (χ2v) is 6.08. The molecule has 27 heavy (non-hydrogen) atoms. The van der Waals surface area contributed by atoms with Gasteiger partial charge in [0.15, 0.2) is 23.8 Å². The van der Waals surface area contributed by atoms with Crippen molar-refractivity contribution in [2.75, 3.05) is 18.1 Å². The first-order valence-electron chi connectivity index (χ1n) is 7.82. The number of carbonyl (C=O) groups is 1. The van der Waals surface area contributed by atoms with Crippen molar-refractivity contribution in [1.29, 1.82) is 0 Å². The summed E-state index contributed by atoms with van der Waals surface area (Å²) in [5.74, 6) is -0.531. The van der Waals surface area contributed by atoms with Crippen LogP contribution >= 0.6 is 12.6 Å². The van der Waals surface area contributed by atoms with Gasteiger partial charge in [0.25, 0.3) is 0 Å². The van der Waals surface area contributed by atoms with Gasteiger partial charge in [0.2, 0.25) is 0 Å². The van der Waals surface area contributed by atoms with Crippen LogP contribution in [0.3, 0.4) is 0 Å². The number of rotatable bonds is 6. The number of aliphatic hydroxyl groups is 1. The molecule has 144 valence electrons. The van der Waals surface area contributed by atoms with E-state index in [4.69, 9.17) is 26.5 Å². The Kier molecular flexibility index (Phi) is 5.62. The summed E-state index contributed by atoms with van der Waals surface area (Å²) in [6, 6.07) is -1.97. The molecule has 13 nitrogen and oxygen atoms in total. The fraction of sp³-hybridized carbons (Fsp3) is 0.538. The molecule has 0 bridgehead atoms. The van der Waals surface area contributed by atoms with Crippen LogP contribution in [0.15, 0.2) is 17.8 Å². The van der Waals surface area contributed by atoms with Crippen molar-refractivity contribution >= 4 is 35.6 Å². The Hall–Kier alpha value is -2.64. The van der Waals surface area contributed by atoms with Gasteiger partial charge in [0.05, 0.1) is 19.0 Å². The van der Waals surface area contributed by atoms with E-state index in [0.29, 0.717) is 11.2 Å². The topological polar surface area (TPSA) is 200 Å². The molecule has 0 radical (unpaired) electrons. The highest BCUT2D eigenvalue weighted by molar-refractivity contribution is 7.80. The highest BCUT2D eigenvalue weighted by atomic mass is 32.1. The summed E-state index contributed by atoms with van der Waals surface area (Å²) >= 11 is 3.97. The van der Waals surface area contributed by atoms with Gasteiger partial charge in [-0.25, -0.2) is 15.0 Å². The molecular weight excluding hydrogens is 378 g/mol. The first-order valence-corrected chi connectivity index (χ1v) is 8.45. The summed E-state index contributed by atoms with van der Waals surface area (Å²) in [6.45, 7) is -0.462. The molecule has 2 aromatic heterocycles. The molecule has 0 saturated carbocycles. The number of thiol groups is 1. The van der Waals surface area contributed by atoms with E-state index in [9.17, 15) is 9.90 Å². The monoisotopic (exact) mass is 395 g/mol. The number of nitrogen functional groups attached to an aromatic ring is 1. The number of nitrogens with two attached hydrogens (primary N) is 2.